The van der Waals surface area contributed by atoms with Gasteiger partial charge >= 0.3 is 0 Å². The third-order valence-corrected chi connectivity index (χ3v) is 5.07. The summed E-state index contributed by atoms with van der Waals surface area (Å²) in [6, 6.07) is 15.1. The summed E-state index contributed by atoms with van der Waals surface area (Å²) in [5, 5.41) is 4.43. The van der Waals surface area contributed by atoms with E-state index in [1.165, 1.54) is 4.90 Å². The second kappa shape index (κ2) is 6.34. The lowest BCUT2D eigenvalue weighted by atomic mass is 9.98. The van der Waals surface area contributed by atoms with E-state index in [9.17, 15) is 9.59 Å². The van der Waals surface area contributed by atoms with Gasteiger partial charge in [-0.25, -0.2) is 0 Å². The summed E-state index contributed by atoms with van der Waals surface area (Å²) in [5.74, 6) is 1.14. The number of fused-ring (bicyclic) bond motifs is 2. The van der Waals surface area contributed by atoms with Crippen LogP contribution in [0.25, 0.3) is 11.0 Å². The van der Waals surface area contributed by atoms with Gasteiger partial charge in [-0.3, -0.25) is 14.5 Å². The number of hydrogen-bond acceptors (Lipinski definition) is 6. The van der Waals surface area contributed by atoms with Crippen molar-refractivity contribution in [1.82, 2.24) is 5.16 Å². The number of aryl methyl sites for hydroxylation is 1. The van der Waals surface area contributed by atoms with Crippen LogP contribution in [0, 0.1) is 6.92 Å². The molecule has 0 fully saturated rings. The molecule has 0 saturated heterocycles. The van der Waals surface area contributed by atoms with Crippen LogP contribution in [0.4, 0.5) is 5.82 Å². The molecule has 1 aliphatic rings. The van der Waals surface area contributed by atoms with Crippen LogP contribution in [0.15, 0.2) is 68.3 Å². The zero-order valence-electron chi connectivity index (χ0n) is 15.7. The molecule has 0 aliphatic carbocycles. The Balaban J connectivity index is 1.79. The number of carbonyl (C=O) groups is 1. The van der Waals surface area contributed by atoms with E-state index < -0.39 is 11.9 Å². The maximum Gasteiger partial charge on any atom is 0.296 e. The lowest BCUT2D eigenvalue weighted by Crippen LogP contribution is -2.29. The third kappa shape index (κ3) is 2.55. The number of methoxy groups -OCH3 is 1. The fraction of sp³-hybridized carbons (Fsp3) is 0.136. The Bertz CT molecular complexity index is 1300. The van der Waals surface area contributed by atoms with E-state index >= 15 is 0 Å². The van der Waals surface area contributed by atoms with Crippen molar-refractivity contribution < 1.29 is 18.5 Å². The number of hydrogen-bond donors (Lipinski definition) is 0. The average Bonchev–Trinajstić information content (AvgIpc) is 3.29. The summed E-state index contributed by atoms with van der Waals surface area (Å²) in [6.45, 7) is 1.74. The number of ether oxygens (including phenoxy) is 1. The molecular formula is C22H16N2O5. The van der Waals surface area contributed by atoms with Gasteiger partial charge in [-0.1, -0.05) is 29.4 Å². The maximum atomic E-state index is 13.3. The molecule has 144 valence electrons. The number of anilines is 1. The van der Waals surface area contributed by atoms with Crippen LogP contribution >= 0.6 is 0 Å². The molecule has 0 bridgehead atoms. The molecule has 1 atom stereocenters. The van der Waals surface area contributed by atoms with Gasteiger partial charge in [0.15, 0.2) is 11.2 Å². The van der Waals surface area contributed by atoms with Crippen LogP contribution in [0.3, 0.4) is 0 Å². The van der Waals surface area contributed by atoms with Gasteiger partial charge in [0.2, 0.25) is 5.76 Å². The molecule has 1 amide bonds. The van der Waals surface area contributed by atoms with E-state index in [1.807, 2.05) is 12.1 Å². The third-order valence-electron chi connectivity index (χ3n) is 5.07. The van der Waals surface area contributed by atoms with Crippen molar-refractivity contribution >= 4 is 22.7 Å². The van der Waals surface area contributed by atoms with Crippen molar-refractivity contribution in [2.75, 3.05) is 12.0 Å². The zero-order valence-corrected chi connectivity index (χ0v) is 15.7. The lowest BCUT2D eigenvalue weighted by Gasteiger charge is -2.22. The summed E-state index contributed by atoms with van der Waals surface area (Å²) in [6.07, 6.45) is 0. The van der Waals surface area contributed by atoms with Gasteiger partial charge in [-0.2, -0.15) is 0 Å². The number of carbonyl (C=O) groups excluding carboxylic acids is 1. The van der Waals surface area contributed by atoms with Crippen molar-refractivity contribution in [3.05, 3.63) is 87.5 Å². The van der Waals surface area contributed by atoms with Gasteiger partial charge in [-0.15, -0.1) is 0 Å². The first-order valence-corrected chi connectivity index (χ1v) is 9.05. The van der Waals surface area contributed by atoms with E-state index in [0.717, 1.165) is 5.56 Å². The second-order valence-electron chi connectivity index (χ2n) is 6.82. The Morgan fingerprint density at radius 1 is 1.07 bits per heavy atom. The first-order chi connectivity index (χ1) is 14.1. The van der Waals surface area contributed by atoms with E-state index in [2.05, 4.69) is 5.16 Å². The smallest absolute Gasteiger partial charge is 0.296 e. The number of aromatic nitrogens is 1. The Kier molecular flexibility index (Phi) is 3.77. The molecule has 0 N–H and O–H groups in total. The summed E-state index contributed by atoms with van der Waals surface area (Å²) >= 11 is 0. The van der Waals surface area contributed by atoms with Crippen LogP contribution in [0.2, 0.25) is 0 Å². The monoisotopic (exact) mass is 388 g/mol. The molecule has 0 spiro atoms. The Morgan fingerprint density at radius 3 is 2.52 bits per heavy atom. The molecule has 2 aromatic heterocycles. The van der Waals surface area contributed by atoms with Gasteiger partial charge in [0.1, 0.15) is 17.1 Å². The fourth-order valence-corrected chi connectivity index (χ4v) is 3.72. The Hall–Kier alpha value is -3.87. The van der Waals surface area contributed by atoms with Crippen molar-refractivity contribution in [3.63, 3.8) is 0 Å². The molecular weight excluding hydrogens is 372 g/mol. The SMILES string of the molecule is COc1ccc(C2c3c(oc4ccccc4c3=O)C(=O)N2c2cc(C)on2)cc1. The molecule has 7 nitrogen and oxygen atoms in total. The minimum atomic E-state index is -0.686. The molecule has 3 heterocycles. The van der Waals surface area contributed by atoms with Crippen LogP contribution in [0.5, 0.6) is 5.75 Å². The number of amides is 1. The topological polar surface area (TPSA) is 85.8 Å². The zero-order chi connectivity index (χ0) is 20.1. The maximum absolute atomic E-state index is 13.3. The summed E-state index contributed by atoms with van der Waals surface area (Å²) in [7, 11) is 1.58. The molecule has 0 saturated carbocycles. The van der Waals surface area contributed by atoms with Crippen molar-refractivity contribution in [3.8, 4) is 5.75 Å². The first-order valence-electron chi connectivity index (χ1n) is 9.05. The standard InChI is InChI=1S/C22H16N2O5/c1-12-11-17(23-29-12)24-19(13-7-9-14(27-2)10-8-13)18-20(25)15-5-3-4-6-16(15)28-21(18)22(24)26/h3-11,19H,1-2H3. The van der Waals surface area contributed by atoms with Crippen LogP contribution < -0.4 is 15.1 Å². The predicted molar refractivity (Wildman–Crippen MR) is 105 cm³/mol. The minimum Gasteiger partial charge on any atom is -0.497 e. The summed E-state index contributed by atoms with van der Waals surface area (Å²) < 4.78 is 16.3. The normalized spacial score (nSPS) is 15.7. The van der Waals surface area contributed by atoms with Crippen molar-refractivity contribution in [2.45, 2.75) is 13.0 Å². The minimum absolute atomic E-state index is 0.0233. The first kappa shape index (κ1) is 17.2. The van der Waals surface area contributed by atoms with Crippen LogP contribution in [0.1, 0.15) is 33.5 Å². The van der Waals surface area contributed by atoms with Gasteiger partial charge in [0, 0.05) is 6.07 Å². The van der Waals surface area contributed by atoms with Crippen LogP contribution in [-0.4, -0.2) is 18.2 Å². The van der Waals surface area contributed by atoms with E-state index in [4.69, 9.17) is 13.7 Å². The Labute approximate surface area is 165 Å². The highest BCUT2D eigenvalue weighted by molar-refractivity contribution is 6.10. The van der Waals surface area contributed by atoms with E-state index in [0.29, 0.717) is 33.9 Å². The number of para-hydroxylation sites is 1. The summed E-state index contributed by atoms with van der Waals surface area (Å²) in [5.41, 5.74) is 1.16. The van der Waals surface area contributed by atoms with E-state index in [1.54, 1.807) is 56.5 Å². The molecule has 1 unspecified atom stereocenters. The molecule has 1 aliphatic heterocycles. The Morgan fingerprint density at radius 2 is 1.83 bits per heavy atom. The molecule has 5 rings (SSSR count). The van der Waals surface area contributed by atoms with Gasteiger partial charge in [0.25, 0.3) is 5.91 Å². The van der Waals surface area contributed by atoms with Crippen molar-refractivity contribution in [2.24, 2.45) is 0 Å². The van der Waals surface area contributed by atoms with Gasteiger partial charge in [-0.05, 0) is 36.8 Å². The van der Waals surface area contributed by atoms with E-state index in [-0.39, 0.29) is 11.2 Å². The molecule has 2 aromatic carbocycles. The van der Waals surface area contributed by atoms with Gasteiger partial charge in [0.05, 0.1) is 24.1 Å². The molecule has 4 aromatic rings. The lowest BCUT2D eigenvalue weighted by molar-refractivity contribution is 0.0969. The molecule has 0 radical (unpaired) electrons. The molecule has 29 heavy (non-hydrogen) atoms. The number of nitrogens with zero attached hydrogens (tertiary/aromatic N) is 2. The highest BCUT2D eigenvalue weighted by Crippen LogP contribution is 2.41. The highest BCUT2D eigenvalue weighted by Gasteiger charge is 2.44. The van der Waals surface area contributed by atoms with Crippen LogP contribution in [-0.2, 0) is 0 Å². The number of rotatable bonds is 3. The van der Waals surface area contributed by atoms with Crippen molar-refractivity contribution in [1.29, 1.82) is 0 Å². The fourth-order valence-electron chi connectivity index (χ4n) is 3.72. The van der Waals surface area contributed by atoms with Gasteiger partial charge < -0.3 is 13.7 Å². The predicted octanol–water partition coefficient (Wildman–Crippen LogP) is 3.85. The molecule has 7 heteroatoms. The largest absolute Gasteiger partial charge is 0.497 e. The quantitative estimate of drug-likeness (QED) is 0.530. The highest BCUT2D eigenvalue weighted by atomic mass is 16.5. The summed E-state index contributed by atoms with van der Waals surface area (Å²) in [4.78, 5) is 28.1. The second-order valence-corrected chi connectivity index (χ2v) is 6.82. The number of benzene rings is 2. The average molecular weight is 388 g/mol.